The maximum atomic E-state index is 11.4. The van der Waals surface area contributed by atoms with E-state index in [2.05, 4.69) is 6.58 Å². The van der Waals surface area contributed by atoms with Gasteiger partial charge in [-0.1, -0.05) is 18.7 Å². The third-order valence-corrected chi connectivity index (χ3v) is 2.95. The second-order valence-electron chi connectivity index (χ2n) is 3.81. The van der Waals surface area contributed by atoms with E-state index in [1.54, 1.807) is 6.08 Å². The van der Waals surface area contributed by atoms with Crippen molar-refractivity contribution in [1.29, 1.82) is 0 Å². The molecule has 0 amide bonds. The van der Waals surface area contributed by atoms with Crippen molar-refractivity contribution in [2.24, 2.45) is 0 Å². The maximum absolute atomic E-state index is 11.4. The molecule has 0 aromatic heterocycles. The molecule has 5 nitrogen and oxygen atoms in total. The zero-order chi connectivity index (χ0) is 13.8. The van der Waals surface area contributed by atoms with Crippen LogP contribution in [0.3, 0.4) is 0 Å². The van der Waals surface area contributed by atoms with E-state index in [9.17, 15) is 9.36 Å². The predicted molar refractivity (Wildman–Crippen MR) is 67.9 cm³/mol. The first-order chi connectivity index (χ1) is 8.33. The molecular weight excluding hydrogens is 255 g/mol. The number of hydrogen-bond donors (Lipinski definition) is 2. The molecule has 0 atom stereocenters. The Hall–Kier alpha value is -1.42. The summed E-state index contributed by atoms with van der Waals surface area (Å²) < 4.78 is 16.2. The first-order valence-corrected chi connectivity index (χ1v) is 7.05. The number of Topliss-reactive ketones (excluding diaryl/α,β-unsaturated/α-hetero) is 1. The molecular formula is C12H15O5P. The third-order valence-electron chi connectivity index (χ3n) is 2.17. The van der Waals surface area contributed by atoms with Crippen LogP contribution in [0.4, 0.5) is 0 Å². The SMILES string of the molecule is C=CCOc1ccc(CP(=O)(O)O)cc1C(C)=O. The Bertz CT molecular complexity index is 503. The molecule has 6 heteroatoms. The number of rotatable bonds is 6. The van der Waals surface area contributed by atoms with Crippen LogP contribution in [0.5, 0.6) is 5.75 Å². The summed E-state index contributed by atoms with van der Waals surface area (Å²) in [5.74, 6) is 0.165. The third kappa shape index (κ3) is 4.45. The van der Waals surface area contributed by atoms with Crippen LogP contribution in [0.2, 0.25) is 0 Å². The molecule has 98 valence electrons. The van der Waals surface area contributed by atoms with E-state index in [4.69, 9.17) is 14.5 Å². The second-order valence-corrected chi connectivity index (χ2v) is 5.45. The highest BCUT2D eigenvalue weighted by molar-refractivity contribution is 7.50. The van der Waals surface area contributed by atoms with Gasteiger partial charge >= 0.3 is 7.60 Å². The second kappa shape index (κ2) is 5.96. The van der Waals surface area contributed by atoms with Crippen LogP contribution in [-0.4, -0.2) is 22.2 Å². The van der Waals surface area contributed by atoms with Crippen molar-refractivity contribution in [3.05, 3.63) is 42.0 Å². The largest absolute Gasteiger partial charge is 0.489 e. The number of carbonyl (C=O) groups is 1. The number of ketones is 1. The molecule has 0 aliphatic heterocycles. The zero-order valence-corrected chi connectivity index (χ0v) is 10.9. The van der Waals surface area contributed by atoms with Gasteiger partial charge in [-0.3, -0.25) is 9.36 Å². The van der Waals surface area contributed by atoms with Crippen LogP contribution < -0.4 is 4.74 Å². The highest BCUT2D eigenvalue weighted by atomic mass is 31.2. The van der Waals surface area contributed by atoms with Gasteiger partial charge in [-0.05, 0) is 24.6 Å². The summed E-state index contributed by atoms with van der Waals surface area (Å²) in [6.07, 6.45) is 1.16. The van der Waals surface area contributed by atoms with E-state index in [1.807, 2.05) is 0 Å². The number of hydrogen-bond acceptors (Lipinski definition) is 3. The molecule has 1 aromatic rings. The molecule has 0 aliphatic rings. The minimum atomic E-state index is -4.14. The minimum absolute atomic E-state index is 0.221. The molecule has 0 aliphatic carbocycles. The fraction of sp³-hybridized carbons (Fsp3) is 0.250. The van der Waals surface area contributed by atoms with E-state index in [1.165, 1.54) is 25.1 Å². The first-order valence-electron chi connectivity index (χ1n) is 5.25. The van der Waals surface area contributed by atoms with E-state index >= 15 is 0 Å². The van der Waals surface area contributed by atoms with Gasteiger partial charge in [-0.2, -0.15) is 0 Å². The van der Waals surface area contributed by atoms with Crippen LogP contribution in [0.15, 0.2) is 30.9 Å². The molecule has 1 rings (SSSR count). The van der Waals surface area contributed by atoms with Crippen molar-refractivity contribution >= 4 is 13.4 Å². The van der Waals surface area contributed by atoms with Crippen molar-refractivity contribution < 1.29 is 23.9 Å². The van der Waals surface area contributed by atoms with Gasteiger partial charge in [0, 0.05) is 0 Å². The molecule has 0 radical (unpaired) electrons. The molecule has 0 bridgehead atoms. The summed E-state index contributed by atoms with van der Waals surface area (Å²) in [5, 5.41) is 0. The fourth-order valence-corrected chi connectivity index (χ4v) is 2.14. The van der Waals surface area contributed by atoms with Crippen LogP contribution in [0.1, 0.15) is 22.8 Å². The molecule has 0 heterocycles. The zero-order valence-electron chi connectivity index (χ0n) is 10.00. The van der Waals surface area contributed by atoms with E-state index in [-0.39, 0.29) is 12.4 Å². The molecule has 0 fully saturated rings. The van der Waals surface area contributed by atoms with Gasteiger partial charge in [0.05, 0.1) is 11.7 Å². The summed E-state index contributed by atoms with van der Waals surface area (Å²) in [4.78, 5) is 29.2. The average Bonchev–Trinajstić information content (AvgIpc) is 2.25. The molecule has 0 saturated carbocycles. The molecule has 0 spiro atoms. The Kier molecular flexibility index (Phi) is 4.84. The van der Waals surface area contributed by atoms with Crippen LogP contribution in [-0.2, 0) is 10.7 Å². The highest BCUT2D eigenvalue weighted by Gasteiger charge is 2.16. The quantitative estimate of drug-likeness (QED) is 0.470. The van der Waals surface area contributed by atoms with Crippen molar-refractivity contribution in [2.45, 2.75) is 13.1 Å². The summed E-state index contributed by atoms with van der Waals surface area (Å²) in [6, 6.07) is 4.51. The van der Waals surface area contributed by atoms with E-state index < -0.39 is 13.8 Å². The molecule has 0 saturated heterocycles. The van der Waals surface area contributed by atoms with Gasteiger partial charge in [-0.25, -0.2) is 0 Å². The van der Waals surface area contributed by atoms with Gasteiger partial charge in [0.15, 0.2) is 5.78 Å². The molecule has 2 N–H and O–H groups in total. The van der Waals surface area contributed by atoms with Crippen molar-refractivity contribution in [3.8, 4) is 5.75 Å². The lowest BCUT2D eigenvalue weighted by Crippen LogP contribution is -2.02. The Morgan fingerprint density at radius 1 is 1.50 bits per heavy atom. The van der Waals surface area contributed by atoms with Gasteiger partial charge in [-0.15, -0.1) is 0 Å². The lowest BCUT2D eigenvalue weighted by Gasteiger charge is -2.10. The van der Waals surface area contributed by atoms with Crippen LogP contribution >= 0.6 is 7.60 Å². The Balaban J connectivity index is 3.06. The topological polar surface area (TPSA) is 83.8 Å². The van der Waals surface area contributed by atoms with Crippen molar-refractivity contribution in [1.82, 2.24) is 0 Å². The maximum Gasteiger partial charge on any atom is 0.329 e. The standard InChI is InChI=1S/C12H15O5P/c1-3-6-17-12-5-4-10(8-18(14,15)16)7-11(12)9(2)13/h3-5,7H,1,6,8H2,2H3,(H2,14,15,16). The normalized spacial score (nSPS) is 11.1. The fourth-order valence-electron chi connectivity index (χ4n) is 1.46. The van der Waals surface area contributed by atoms with Gasteiger partial charge in [0.25, 0.3) is 0 Å². The smallest absolute Gasteiger partial charge is 0.329 e. The Morgan fingerprint density at radius 2 is 2.17 bits per heavy atom. The lowest BCUT2D eigenvalue weighted by atomic mass is 10.1. The Morgan fingerprint density at radius 3 is 2.67 bits per heavy atom. The van der Waals surface area contributed by atoms with Gasteiger partial charge in [0.1, 0.15) is 12.4 Å². The average molecular weight is 270 g/mol. The lowest BCUT2D eigenvalue weighted by molar-refractivity contribution is 0.101. The molecule has 0 unspecified atom stereocenters. The van der Waals surface area contributed by atoms with Crippen LogP contribution in [0.25, 0.3) is 0 Å². The number of benzene rings is 1. The monoisotopic (exact) mass is 270 g/mol. The Labute approximate surface area is 105 Å². The minimum Gasteiger partial charge on any atom is -0.489 e. The van der Waals surface area contributed by atoms with Gasteiger partial charge < -0.3 is 14.5 Å². The molecule has 18 heavy (non-hydrogen) atoms. The van der Waals surface area contributed by atoms with Crippen molar-refractivity contribution in [3.63, 3.8) is 0 Å². The summed E-state index contributed by atoms with van der Waals surface area (Å²) in [5.41, 5.74) is 0.710. The van der Waals surface area contributed by atoms with E-state index in [0.29, 0.717) is 16.9 Å². The summed E-state index contributed by atoms with van der Waals surface area (Å²) in [6.45, 7) is 5.14. The highest BCUT2D eigenvalue weighted by Crippen LogP contribution is 2.39. The first kappa shape index (κ1) is 14.6. The van der Waals surface area contributed by atoms with Crippen molar-refractivity contribution in [2.75, 3.05) is 6.61 Å². The van der Waals surface area contributed by atoms with E-state index in [0.717, 1.165) is 0 Å². The number of ether oxygens (including phenoxy) is 1. The summed E-state index contributed by atoms with van der Waals surface area (Å²) in [7, 11) is -4.14. The number of carbonyl (C=O) groups excluding carboxylic acids is 1. The predicted octanol–water partition coefficient (Wildman–Crippen LogP) is 2.13. The molecule has 1 aromatic carbocycles. The van der Waals surface area contributed by atoms with Crippen LogP contribution in [0, 0.1) is 0 Å². The summed E-state index contributed by atoms with van der Waals surface area (Å²) >= 11 is 0. The van der Waals surface area contributed by atoms with Gasteiger partial charge in [0.2, 0.25) is 0 Å².